The molecule has 1 saturated carbocycles. The number of carbonyl (C=O) groups is 1. The van der Waals surface area contributed by atoms with Gasteiger partial charge in [-0.3, -0.25) is 4.79 Å². The molecular weight excluding hydrogens is 380 g/mol. The van der Waals surface area contributed by atoms with Crippen molar-refractivity contribution in [2.24, 2.45) is 11.8 Å². The van der Waals surface area contributed by atoms with Gasteiger partial charge in [0, 0.05) is 24.7 Å². The van der Waals surface area contributed by atoms with E-state index in [2.05, 4.69) is 25.2 Å². The zero-order valence-corrected chi connectivity index (χ0v) is 19.1. The zero-order chi connectivity index (χ0) is 21.8. The van der Waals surface area contributed by atoms with Crippen molar-refractivity contribution in [3.8, 4) is 0 Å². The molecule has 1 saturated heterocycles. The van der Waals surface area contributed by atoms with Crippen molar-refractivity contribution in [2.45, 2.75) is 116 Å². The fraction of sp³-hybridized carbons (Fsp3) is 0.800. The summed E-state index contributed by atoms with van der Waals surface area (Å²) in [6.07, 6.45) is 19.2. The topological polar surface area (TPSA) is 65.0 Å². The average Bonchev–Trinajstić information content (AvgIpc) is 3.30. The van der Waals surface area contributed by atoms with Crippen LogP contribution in [0.4, 0.5) is 0 Å². The van der Waals surface area contributed by atoms with Gasteiger partial charge in [0.15, 0.2) is 0 Å². The molecule has 2 aliphatic rings. The maximum Gasteiger partial charge on any atom is 0.306 e. The van der Waals surface area contributed by atoms with Gasteiger partial charge in [-0.1, -0.05) is 63.3 Å². The van der Waals surface area contributed by atoms with Gasteiger partial charge in [-0.05, 0) is 39.5 Å². The third-order valence-electron chi connectivity index (χ3n) is 6.02. The third kappa shape index (κ3) is 8.91. The fourth-order valence-electron chi connectivity index (χ4n) is 4.38. The van der Waals surface area contributed by atoms with Crippen LogP contribution in [-0.4, -0.2) is 35.5 Å². The van der Waals surface area contributed by atoms with Crippen LogP contribution in [0.3, 0.4) is 0 Å². The van der Waals surface area contributed by atoms with Crippen molar-refractivity contribution in [1.82, 2.24) is 0 Å². The molecule has 1 aliphatic heterocycles. The molecule has 2 fully saturated rings. The first-order valence-corrected chi connectivity index (χ1v) is 12.0. The van der Waals surface area contributed by atoms with Crippen LogP contribution in [0.1, 0.15) is 91.4 Å². The number of aliphatic hydroxyl groups is 1. The number of esters is 1. The lowest BCUT2D eigenvalue weighted by Gasteiger charge is -2.27. The van der Waals surface area contributed by atoms with Gasteiger partial charge in [-0.15, -0.1) is 0 Å². The molecule has 1 heterocycles. The SMILES string of the molecule is CCCCCCC[C@H](O)/C=C/[C@H]1[C@H]2CC(OO2)[C@@H]1C/C=C\CCCC(=O)OC(C)C. The first-order chi connectivity index (χ1) is 14.5. The molecule has 1 N–H and O–H groups in total. The molecule has 0 aromatic heterocycles. The molecule has 0 aromatic rings. The van der Waals surface area contributed by atoms with Crippen molar-refractivity contribution < 1.29 is 24.4 Å². The molecule has 0 amide bonds. The van der Waals surface area contributed by atoms with Crippen molar-refractivity contribution in [2.75, 3.05) is 0 Å². The van der Waals surface area contributed by atoms with Crippen molar-refractivity contribution in [3.05, 3.63) is 24.3 Å². The molecule has 0 spiro atoms. The van der Waals surface area contributed by atoms with Crippen LogP contribution in [0.5, 0.6) is 0 Å². The van der Waals surface area contributed by atoms with Gasteiger partial charge in [0.2, 0.25) is 0 Å². The fourth-order valence-corrected chi connectivity index (χ4v) is 4.38. The van der Waals surface area contributed by atoms with E-state index >= 15 is 0 Å². The summed E-state index contributed by atoms with van der Waals surface area (Å²) in [7, 11) is 0. The Morgan fingerprint density at radius 3 is 2.63 bits per heavy atom. The molecule has 2 rings (SSSR count). The van der Waals surface area contributed by atoms with Crippen molar-refractivity contribution >= 4 is 5.97 Å². The van der Waals surface area contributed by atoms with Gasteiger partial charge in [-0.2, -0.15) is 0 Å². The van der Waals surface area contributed by atoms with E-state index in [1.54, 1.807) is 0 Å². The van der Waals surface area contributed by atoms with Gasteiger partial charge in [0.05, 0.1) is 18.3 Å². The molecule has 1 unspecified atom stereocenters. The predicted molar refractivity (Wildman–Crippen MR) is 119 cm³/mol. The number of allylic oxidation sites excluding steroid dienone is 2. The van der Waals surface area contributed by atoms with E-state index in [0.717, 1.165) is 38.5 Å². The van der Waals surface area contributed by atoms with E-state index in [4.69, 9.17) is 14.5 Å². The van der Waals surface area contributed by atoms with Crippen LogP contribution in [0.15, 0.2) is 24.3 Å². The molecule has 172 valence electrons. The summed E-state index contributed by atoms with van der Waals surface area (Å²) in [4.78, 5) is 22.5. The Labute approximate surface area is 182 Å². The monoisotopic (exact) mass is 422 g/mol. The van der Waals surface area contributed by atoms with Gasteiger partial charge >= 0.3 is 5.97 Å². The smallest absolute Gasteiger partial charge is 0.306 e. The number of hydrogen-bond acceptors (Lipinski definition) is 5. The molecule has 0 radical (unpaired) electrons. The Bertz CT molecular complexity index is 542. The minimum absolute atomic E-state index is 0.0439. The Morgan fingerprint density at radius 1 is 1.10 bits per heavy atom. The number of ether oxygens (including phenoxy) is 1. The quantitative estimate of drug-likeness (QED) is 0.159. The van der Waals surface area contributed by atoms with Gasteiger partial charge < -0.3 is 9.84 Å². The summed E-state index contributed by atoms with van der Waals surface area (Å²) in [6.45, 7) is 5.96. The number of rotatable bonds is 15. The lowest BCUT2D eigenvalue weighted by Crippen LogP contribution is -2.28. The number of fused-ring (bicyclic) bond motifs is 2. The highest BCUT2D eigenvalue weighted by Crippen LogP contribution is 2.44. The second-order valence-electron chi connectivity index (χ2n) is 9.04. The molecule has 5 nitrogen and oxygen atoms in total. The minimum Gasteiger partial charge on any atom is -0.463 e. The van der Waals surface area contributed by atoms with E-state index in [1.165, 1.54) is 25.7 Å². The van der Waals surface area contributed by atoms with E-state index in [9.17, 15) is 9.90 Å². The highest BCUT2D eigenvalue weighted by atomic mass is 17.2. The molecule has 0 aromatic carbocycles. The van der Waals surface area contributed by atoms with Crippen LogP contribution in [0, 0.1) is 11.8 Å². The zero-order valence-electron chi connectivity index (χ0n) is 19.1. The van der Waals surface area contributed by atoms with Crippen molar-refractivity contribution in [1.29, 1.82) is 0 Å². The van der Waals surface area contributed by atoms with E-state index < -0.39 is 0 Å². The van der Waals surface area contributed by atoms with Crippen LogP contribution >= 0.6 is 0 Å². The highest BCUT2D eigenvalue weighted by molar-refractivity contribution is 5.69. The first-order valence-electron chi connectivity index (χ1n) is 12.0. The summed E-state index contributed by atoms with van der Waals surface area (Å²) < 4.78 is 5.15. The van der Waals surface area contributed by atoms with Crippen LogP contribution in [0.25, 0.3) is 0 Å². The second-order valence-corrected chi connectivity index (χ2v) is 9.04. The Morgan fingerprint density at radius 2 is 1.87 bits per heavy atom. The number of carbonyl (C=O) groups excluding carboxylic acids is 1. The summed E-state index contributed by atoms with van der Waals surface area (Å²) in [5.41, 5.74) is 0. The second kappa shape index (κ2) is 14.0. The summed E-state index contributed by atoms with van der Waals surface area (Å²) >= 11 is 0. The van der Waals surface area contributed by atoms with E-state index in [1.807, 2.05) is 19.9 Å². The summed E-state index contributed by atoms with van der Waals surface area (Å²) in [5, 5.41) is 10.3. The van der Waals surface area contributed by atoms with Crippen LogP contribution in [-0.2, 0) is 19.3 Å². The predicted octanol–water partition coefficient (Wildman–Crippen LogP) is 5.67. The average molecular weight is 423 g/mol. The lowest BCUT2D eigenvalue weighted by atomic mass is 9.89. The standard InChI is InChI=1S/C25H42O5/c1-4-5-6-7-10-13-20(26)16-17-22-21(23-18-24(22)30-29-23)14-11-8-9-12-15-25(27)28-19(2)3/h8,11,16-17,19-24,26H,4-7,9-10,12-15,18H2,1-3H3/b11-8-,17-16+/t20-,21+,22+,23?,24+/m0/s1. The van der Waals surface area contributed by atoms with Gasteiger partial charge in [0.25, 0.3) is 0 Å². The van der Waals surface area contributed by atoms with Gasteiger partial charge in [0.1, 0.15) is 6.10 Å². The largest absolute Gasteiger partial charge is 0.463 e. The van der Waals surface area contributed by atoms with E-state index in [0.29, 0.717) is 18.3 Å². The first kappa shape index (κ1) is 25.1. The van der Waals surface area contributed by atoms with Crippen molar-refractivity contribution in [3.63, 3.8) is 0 Å². The Kier molecular flexibility index (Phi) is 11.7. The third-order valence-corrected chi connectivity index (χ3v) is 6.02. The lowest BCUT2D eigenvalue weighted by molar-refractivity contribution is -0.336. The molecule has 5 heteroatoms. The maximum atomic E-state index is 11.6. The maximum absolute atomic E-state index is 11.6. The molecule has 1 aliphatic carbocycles. The molecule has 30 heavy (non-hydrogen) atoms. The number of unbranched alkanes of at least 4 members (excludes halogenated alkanes) is 5. The van der Waals surface area contributed by atoms with Crippen LogP contribution in [0.2, 0.25) is 0 Å². The summed E-state index contributed by atoms with van der Waals surface area (Å²) in [6, 6.07) is 0. The molecule has 2 bridgehead atoms. The summed E-state index contributed by atoms with van der Waals surface area (Å²) in [5.74, 6) is 0.564. The highest BCUT2D eigenvalue weighted by Gasteiger charge is 2.49. The van der Waals surface area contributed by atoms with E-state index in [-0.39, 0.29) is 30.4 Å². The molecular formula is C25H42O5. The number of aliphatic hydroxyl groups excluding tert-OH is 1. The van der Waals surface area contributed by atoms with Crippen LogP contribution < -0.4 is 0 Å². The Hall–Kier alpha value is -1.17. The minimum atomic E-state index is -0.367. The normalized spacial score (nSPS) is 27.0. The Balaban J connectivity index is 1.69. The number of hydrogen-bond donors (Lipinski definition) is 1. The van der Waals surface area contributed by atoms with Gasteiger partial charge in [-0.25, -0.2) is 9.78 Å². The molecule has 5 atom stereocenters.